The highest BCUT2D eigenvalue weighted by Crippen LogP contribution is 2.12. The van der Waals surface area contributed by atoms with Gasteiger partial charge < -0.3 is 10.6 Å². The minimum atomic E-state index is 0.607. The predicted molar refractivity (Wildman–Crippen MR) is 84.0 cm³/mol. The van der Waals surface area contributed by atoms with Crippen molar-refractivity contribution in [3.8, 4) is 0 Å². The molecule has 114 valence electrons. The molecule has 0 aliphatic carbocycles. The third-order valence-electron chi connectivity index (χ3n) is 4.35. The number of rotatable bonds is 7. The normalized spacial score (nSPS) is 21.6. The Morgan fingerprint density at radius 1 is 1.40 bits per heavy atom. The van der Waals surface area contributed by atoms with Gasteiger partial charge in [0.25, 0.3) is 0 Å². The first-order chi connectivity index (χ1) is 9.75. The zero-order valence-corrected chi connectivity index (χ0v) is 13.0. The highest BCUT2D eigenvalue weighted by atomic mass is 15.1. The average molecular weight is 278 g/mol. The number of nitrogens with zero attached hydrogens (tertiary/aromatic N) is 1. The summed E-state index contributed by atoms with van der Waals surface area (Å²) in [4.78, 5) is 0. The minimum absolute atomic E-state index is 0.607. The fraction of sp³-hybridized carbons (Fsp3) is 0.812. The van der Waals surface area contributed by atoms with E-state index in [9.17, 15) is 0 Å². The second-order valence-electron chi connectivity index (χ2n) is 6.22. The molecule has 2 unspecified atom stereocenters. The Morgan fingerprint density at radius 3 is 3.10 bits per heavy atom. The predicted octanol–water partition coefficient (Wildman–Crippen LogP) is 2.55. The maximum atomic E-state index is 4.07. The van der Waals surface area contributed by atoms with Crippen LogP contribution >= 0.6 is 0 Å². The first kappa shape index (κ1) is 15.5. The smallest absolute Gasteiger partial charge is 0.0522 e. The molecule has 1 aromatic rings. The van der Waals surface area contributed by atoms with Crippen LogP contribution in [0.25, 0.3) is 0 Å². The van der Waals surface area contributed by atoms with E-state index in [1.54, 1.807) is 0 Å². The van der Waals surface area contributed by atoms with Gasteiger partial charge in [0.15, 0.2) is 0 Å². The molecule has 1 aliphatic rings. The summed E-state index contributed by atoms with van der Waals surface area (Å²) in [6.07, 6.45) is 11.0. The summed E-state index contributed by atoms with van der Waals surface area (Å²) in [5.41, 5.74) is 2.56. The van der Waals surface area contributed by atoms with E-state index in [1.807, 2.05) is 6.20 Å². The van der Waals surface area contributed by atoms with Gasteiger partial charge in [-0.15, -0.1) is 0 Å². The van der Waals surface area contributed by atoms with E-state index >= 15 is 0 Å². The van der Waals surface area contributed by atoms with Crippen LogP contribution in [-0.2, 0) is 6.42 Å². The second kappa shape index (κ2) is 8.42. The molecule has 2 rings (SSSR count). The van der Waals surface area contributed by atoms with Crippen LogP contribution in [-0.4, -0.2) is 35.4 Å². The lowest BCUT2D eigenvalue weighted by Crippen LogP contribution is -2.37. The second-order valence-corrected chi connectivity index (χ2v) is 6.22. The van der Waals surface area contributed by atoms with Crippen LogP contribution in [0.4, 0.5) is 0 Å². The van der Waals surface area contributed by atoms with E-state index in [2.05, 4.69) is 34.7 Å². The summed E-state index contributed by atoms with van der Waals surface area (Å²) in [5, 5.41) is 14.4. The lowest BCUT2D eigenvalue weighted by molar-refractivity contribution is 0.402. The van der Waals surface area contributed by atoms with E-state index in [1.165, 1.54) is 56.3 Å². The van der Waals surface area contributed by atoms with Gasteiger partial charge in [-0.3, -0.25) is 5.10 Å². The Hall–Kier alpha value is -0.870. The SMILES string of the molecule is Cc1[nH]ncc1CCCNC(C)CC1CCCCCN1. The van der Waals surface area contributed by atoms with Crippen LogP contribution in [0, 0.1) is 6.92 Å². The van der Waals surface area contributed by atoms with Gasteiger partial charge in [-0.1, -0.05) is 12.8 Å². The molecule has 0 bridgehead atoms. The summed E-state index contributed by atoms with van der Waals surface area (Å²) >= 11 is 0. The zero-order chi connectivity index (χ0) is 14.2. The maximum absolute atomic E-state index is 4.07. The number of hydrogen-bond donors (Lipinski definition) is 3. The largest absolute Gasteiger partial charge is 0.314 e. The molecule has 1 aromatic heterocycles. The van der Waals surface area contributed by atoms with Gasteiger partial charge in [-0.05, 0) is 64.6 Å². The van der Waals surface area contributed by atoms with Crippen LogP contribution in [0.3, 0.4) is 0 Å². The van der Waals surface area contributed by atoms with Crippen LogP contribution < -0.4 is 10.6 Å². The highest BCUT2D eigenvalue weighted by Gasteiger charge is 2.14. The molecule has 0 saturated carbocycles. The molecule has 0 aromatic carbocycles. The standard InChI is InChI=1S/C16H30N4/c1-13(11-16-8-4-3-5-9-18-16)17-10-6-7-15-12-19-20-14(15)2/h12-13,16-18H,3-11H2,1-2H3,(H,19,20). The first-order valence-corrected chi connectivity index (χ1v) is 8.21. The third-order valence-corrected chi connectivity index (χ3v) is 4.35. The van der Waals surface area contributed by atoms with Crippen LogP contribution in [0.5, 0.6) is 0 Å². The number of aryl methyl sites for hydroxylation is 2. The first-order valence-electron chi connectivity index (χ1n) is 8.21. The van der Waals surface area contributed by atoms with Crippen LogP contribution in [0.2, 0.25) is 0 Å². The van der Waals surface area contributed by atoms with E-state index < -0.39 is 0 Å². The Morgan fingerprint density at radius 2 is 2.30 bits per heavy atom. The Bertz CT molecular complexity index is 366. The Kier molecular flexibility index (Phi) is 6.54. The van der Waals surface area contributed by atoms with Crippen molar-refractivity contribution in [3.05, 3.63) is 17.5 Å². The average Bonchev–Trinajstić information content (AvgIpc) is 2.68. The molecule has 0 amide bonds. The molecule has 0 radical (unpaired) electrons. The molecule has 1 aliphatic heterocycles. The molecule has 4 heteroatoms. The molecular formula is C16H30N4. The van der Waals surface area contributed by atoms with E-state index in [0.29, 0.717) is 6.04 Å². The lowest BCUT2D eigenvalue weighted by atomic mass is 10.0. The molecule has 20 heavy (non-hydrogen) atoms. The number of nitrogens with one attached hydrogen (secondary N) is 3. The Labute approximate surface area is 123 Å². The summed E-state index contributed by atoms with van der Waals surface area (Å²) < 4.78 is 0. The van der Waals surface area contributed by atoms with Crippen LogP contribution in [0.15, 0.2) is 6.20 Å². The van der Waals surface area contributed by atoms with Gasteiger partial charge in [0.2, 0.25) is 0 Å². The fourth-order valence-corrected chi connectivity index (χ4v) is 3.07. The summed E-state index contributed by atoms with van der Waals surface area (Å²) in [6.45, 7) is 6.71. The number of aromatic amines is 1. The molecule has 4 nitrogen and oxygen atoms in total. The topological polar surface area (TPSA) is 52.7 Å². The Balaban J connectivity index is 1.57. The van der Waals surface area contributed by atoms with Crippen molar-refractivity contribution < 1.29 is 0 Å². The minimum Gasteiger partial charge on any atom is -0.314 e. The van der Waals surface area contributed by atoms with Gasteiger partial charge in [-0.25, -0.2) is 0 Å². The van der Waals surface area contributed by atoms with Crippen molar-refractivity contribution in [2.24, 2.45) is 0 Å². The maximum Gasteiger partial charge on any atom is 0.0522 e. The number of H-pyrrole nitrogens is 1. The van der Waals surface area contributed by atoms with Crippen molar-refractivity contribution in [2.75, 3.05) is 13.1 Å². The van der Waals surface area contributed by atoms with E-state index in [-0.39, 0.29) is 0 Å². The van der Waals surface area contributed by atoms with Crippen molar-refractivity contribution in [3.63, 3.8) is 0 Å². The summed E-state index contributed by atoms with van der Waals surface area (Å²) in [5.74, 6) is 0. The van der Waals surface area contributed by atoms with Crippen molar-refractivity contribution in [1.29, 1.82) is 0 Å². The van der Waals surface area contributed by atoms with Gasteiger partial charge in [0.1, 0.15) is 0 Å². The number of aromatic nitrogens is 2. The molecule has 0 spiro atoms. The molecular weight excluding hydrogens is 248 g/mol. The van der Waals surface area contributed by atoms with Gasteiger partial charge in [0, 0.05) is 17.8 Å². The van der Waals surface area contributed by atoms with Crippen molar-refractivity contribution in [1.82, 2.24) is 20.8 Å². The van der Waals surface area contributed by atoms with Crippen LogP contribution in [0.1, 0.15) is 56.7 Å². The fourth-order valence-electron chi connectivity index (χ4n) is 3.07. The summed E-state index contributed by atoms with van der Waals surface area (Å²) in [7, 11) is 0. The third kappa shape index (κ3) is 5.25. The zero-order valence-electron chi connectivity index (χ0n) is 13.0. The lowest BCUT2D eigenvalue weighted by Gasteiger charge is -2.21. The monoisotopic (exact) mass is 278 g/mol. The molecule has 2 atom stereocenters. The van der Waals surface area contributed by atoms with Crippen molar-refractivity contribution in [2.45, 2.75) is 70.9 Å². The molecule has 1 fully saturated rings. The molecule has 1 saturated heterocycles. The van der Waals surface area contributed by atoms with Gasteiger partial charge in [0.05, 0.1) is 6.20 Å². The van der Waals surface area contributed by atoms with Gasteiger partial charge >= 0.3 is 0 Å². The highest BCUT2D eigenvalue weighted by molar-refractivity contribution is 5.14. The summed E-state index contributed by atoms with van der Waals surface area (Å²) in [6, 6.07) is 1.33. The number of hydrogen-bond acceptors (Lipinski definition) is 3. The van der Waals surface area contributed by atoms with Crippen molar-refractivity contribution >= 4 is 0 Å². The quantitative estimate of drug-likeness (QED) is 0.672. The molecule has 3 N–H and O–H groups in total. The van der Waals surface area contributed by atoms with Gasteiger partial charge in [-0.2, -0.15) is 5.10 Å². The molecule has 2 heterocycles. The van der Waals surface area contributed by atoms with E-state index in [0.717, 1.165) is 19.0 Å². The van der Waals surface area contributed by atoms with E-state index in [4.69, 9.17) is 0 Å².